The molecule has 1 saturated heterocycles. The normalized spacial score (nSPS) is 15.7. The number of hydrogen-bond donors (Lipinski definition) is 2. The number of carbonyl (C=O) groups is 2. The lowest BCUT2D eigenvalue weighted by atomic mass is 10.2. The molecule has 0 atom stereocenters. The van der Waals surface area contributed by atoms with Crippen molar-refractivity contribution in [3.8, 4) is 0 Å². The zero-order valence-corrected chi connectivity index (χ0v) is 13.3. The van der Waals surface area contributed by atoms with Crippen molar-refractivity contribution in [2.75, 3.05) is 31.9 Å². The Morgan fingerprint density at radius 3 is 2.74 bits per heavy atom. The zero-order chi connectivity index (χ0) is 16.7. The largest absolute Gasteiger partial charge is 0.445 e. The van der Waals surface area contributed by atoms with Gasteiger partial charge >= 0.3 is 6.09 Å². The summed E-state index contributed by atoms with van der Waals surface area (Å²) in [5.74, 6) is -0.601. The van der Waals surface area contributed by atoms with E-state index >= 15 is 0 Å². The van der Waals surface area contributed by atoms with Crippen LogP contribution >= 0.6 is 0 Å². The summed E-state index contributed by atoms with van der Waals surface area (Å²) in [6.07, 6.45) is -0.680. The van der Waals surface area contributed by atoms with E-state index in [4.69, 9.17) is 4.74 Å². The minimum absolute atomic E-state index is 0.0753. The molecule has 0 saturated carbocycles. The molecule has 1 fully saturated rings. The van der Waals surface area contributed by atoms with Crippen molar-refractivity contribution in [2.45, 2.75) is 6.61 Å². The molecule has 1 aromatic rings. The van der Waals surface area contributed by atoms with Crippen molar-refractivity contribution >= 4 is 22.0 Å². The number of carbonyl (C=O) groups excluding carboxylic acids is 2. The molecule has 1 aromatic carbocycles. The van der Waals surface area contributed by atoms with Crippen LogP contribution in [0.1, 0.15) is 5.56 Å². The average Bonchev–Trinajstić information content (AvgIpc) is 2.54. The van der Waals surface area contributed by atoms with Crippen molar-refractivity contribution in [3.63, 3.8) is 0 Å². The number of alkyl carbamates (subject to hydrolysis) is 1. The number of nitrogens with zero attached hydrogens (tertiary/aromatic N) is 1. The van der Waals surface area contributed by atoms with Gasteiger partial charge in [-0.15, -0.1) is 0 Å². The summed E-state index contributed by atoms with van der Waals surface area (Å²) in [6.45, 7) is 0.401. The van der Waals surface area contributed by atoms with Crippen LogP contribution in [0, 0.1) is 0 Å². The molecular weight excluding hydrogens is 322 g/mol. The second-order valence-electron chi connectivity index (χ2n) is 4.99. The van der Waals surface area contributed by atoms with Gasteiger partial charge in [0.15, 0.2) is 0 Å². The molecule has 0 bridgehead atoms. The van der Waals surface area contributed by atoms with Crippen molar-refractivity contribution in [3.05, 3.63) is 35.9 Å². The fraction of sp³-hybridized carbons (Fsp3) is 0.429. The molecule has 0 spiro atoms. The summed E-state index contributed by atoms with van der Waals surface area (Å²) >= 11 is 0. The van der Waals surface area contributed by atoms with E-state index < -0.39 is 16.1 Å². The Kier molecular flexibility index (Phi) is 5.94. The summed E-state index contributed by atoms with van der Waals surface area (Å²) in [5.41, 5.74) is 0.842. The van der Waals surface area contributed by atoms with Crippen LogP contribution in [0.15, 0.2) is 30.3 Å². The third-order valence-corrected chi connectivity index (χ3v) is 5.06. The van der Waals surface area contributed by atoms with Gasteiger partial charge in [0.05, 0.1) is 12.3 Å². The number of nitrogens with one attached hydrogen (secondary N) is 2. The summed E-state index contributed by atoms with van der Waals surface area (Å²) in [6, 6.07) is 9.16. The molecule has 9 heteroatoms. The first-order valence-electron chi connectivity index (χ1n) is 7.16. The van der Waals surface area contributed by atoms with E-state index in [9.17, 15) is 18.0 Å². The number of benzene rings is 1. The second-order valence-corrected chi connectivity index (χ2v) is 7.08. The highest BCUT2D eigenvalue weighted by atomic mass is 32.2. The summed E-state index contributed by atoms with van der Waals surface area (Å²) in [4.78, 5) is 22.7. The van der Waals surface area contributed by atoms with Crippen LogP contribution in [-0.2, 0) is 26.2 Å². The van der Waals surface area contributed by atoms with Crippen LogP contribution in [0.4, 0.5) is 4.79 Å². The number of rotatable bonds is 6. The SMILES string of the molecule is O=C1CN(S(=O)(=O)CCNC(=O)OCc2ccccc2)CCN1. The lowest BCUT2D eigenvalue weighted by Crippen LogP contribution is -2.51. The fourth-order valence-electron chi connectivity index (χ4n) is 2.04. The topological polar surface area (TPSA) is 105 Å². The van der Waals surface area contributed by atoms with Gasteiger partial charge in [0, 0.05) is 19.6 Å². The molecule has 0 radical (unpaired) electrons. The molecule has 0 unspecified atom stereocenters. The van der Waals surface area contributed by atoms with Crippen molar-refractivity contribution < 1.29 is 22.7 Å². The van der Waals surface area contributed by atoms with Gasteiger partial charge in [-0.05, 0) is 5.56 Å². The summed E-state index contributed by atoms with van der Waals surface area (Å²) in [5, 5.41) is 4.95. The van der Waals surface area contributed by atoms with Gasteiger partial charge in [-0.3, -0.25) is 4.79 Å². The van der Waals surface area contributed by atoms with Crippen LogP contribution in [0.2, 0.25) is 0 Å². The zero-order valence-electron chi connectivity index (χ0n) is 12.5. The third kappa shape index (κ3) is 5.53. The van der Waals surface area contributed by atoms with E-state index in [-0.39, 0.29) is 37.9 Å². The highest BCUT2D eigenvalue weighted by molar-refractivity contribution is 7.89. The Labute approximate surface area is 134 Å². The van der Waals surface area contributed by atoms with E-state index in [0.717, 1.165) is 9.87 Å². The fourth-order valence-corrected chi connectivity index (χ4v) is 3.34. The van der Waals surface area contributed by atoms with E-state index in [1.54, 1.807) is 0 Å². The predicted octanol–water partition coefficient (Wildman–Crippen LogP) is -0.326. The number of sulfonamides is 1. The Hall–Kier alpha value is -2.13. The van der Waals surface area contributed by atoms with E-state index in [0.29, 0.717) is 6.54 Å². The maximum atomic E-state index is 12.0. The summed E-state index contributed by atoms with van der Waals surface area (Å²) in [7, 11) is -3.58. The molecular formula is C14H19N3O5S. The van der Waals surface area contributed by atoms with Gasteiger partial charge in [-0.25, -0.2) is 13.2 Å². The van der Waals surface area contributed by atoms with Gasteiger partial charge in [0.2, 0.25) is 15.9 Å². The molecule has 23 heavy (non-hydrogen) atoms. The Morgan fingerprint density at radius 1 is 1.30 bits per heavy atom. The number of piperazine rings is 1. The maximum Gasteiger partial charge on any atom is 0.407 e. The predicted molar refractivity (Wildman–Crippen MR) is 83.0 cm³/mol. The van der Waals surface area contributed by atoms with Crippen LogP contribution in [0.3, 0.4) is 0 Å². The molecule has 126 valence electrons. The molecule has 2 amide bonds. The maximum absolute atomic E-state index is 12.0. The van der Waals surface area contributed by atoms with Crippen LogP contribution in [0.5, 0.6) is 0 Å². The standard InChI is InChI=1S/C14H19N3O5S/c18-13-10-17(8-6-15-13)23(20,21)9-7-16-14(19)22-11-12-4-2-1-3-5-12/h1-5H,6-11H2,(H,15,18)(H,16,19). The average molecular weight is 341 g/mol. The van der Waals surface area contributed by atoms with Crippen molar-refractivity contribution in [1.82, 2.24) is 14.9 Å². The second kappa shape index (κ2) is 7.93. The first-order chi connectivity index (χ1) is 11.0. The van der Waals surface area contributed by atoms with Crippen LogP contribution in [-0.4, -0.2) is 56.7 Å². The smallest absolute Gasteiger partial charge is 0.407 e. The minimum Gasteiger partial charge on any atom is -0.445 e. The lowest BCUT2D eigenvalue weighted by Gasteiger charge is -2.25. The van der Waals surface area contributed by atoms with E-state index in [1.807, 2.05) is 30.3 Å². The van der Waals surface area contributed by atoms with Crippen LogP contribution in [0.25, 0.3) is 0 Å². The first-order valence-corrected chi connectivity index (χ1v) is 8.77. The molecule has 1 aliphatic heterocycles. The monoisotopic (exact) mass is 341 g/mol. The Morgan fingerprint density at radius 2 is 2.04 bits per heavy atom. The Bertz CT molecular complexity index is 648. The Balaban J connectivity index is 1.71. The molecule has 8 nitrogen and oxygen atoms in total. The highest BCUT2D eigenvalue weighted by Crippen LogP contribution is 2.04. The van der Waals surface area contributed by atoms with Gasteiger partial charge in [0.1, 0.15) is 6.61 Å². The minimum atomic E-state index is -3.58. The van der Waals surface area contributed by atoms with Crippen molar-refractivity contribution in [1.29, 1.82) is 0 Å². The van der Waals surface area contributed by atoms with Gasteiger partial charge in [0.25, 0.3) is 0 Å². The first kappa shape index (κ1) is 17.2. The number of hydrogen-bond acceptors (Lipinski definition) is 5. The molecule has 2 rings (SSSR count). The third-order valence-electron chi connectivity index (χ3n) is 3.24. The number of ether oxygens (including phenoxy) is 1. The molecule has 2 N–H and O–H groups in total. The molecule has 0 aliphatic carbocycles. The highest BCUT2D eigenvalue weighted by Gasteiger charge is 2.27. The quantitative estimate of drug-likeness (QED) is 0.737. The lowest BCUT2D eigenvalue weighted by molar-refractivity contribution is -0.122. The van der Waals surface area contributed by atoms with Gasteiger partial charge in [-0.1, -0.05) is 30.3 Å². The van der Waals surface area contributed by atoms with Crippen LogP contribution < -0.4 is 10.6 Å². The van der Waals surface area contributed by atoms with Crippen molar-refractivity contribution in [2.24, 2.45) is 0 Å². The van der Waals surface area contributed by atoms with Gasteiger partial charge in [-0.2, -0.15) is 4.31 Å². The number of amides is 2. The molecule has 0 aromatic heterocycles. The van der Waals surface area contributed by atoms with Gasteiger partial charge < -0.3 is 15.4 Å². The molecule has 1 heterocycles. The van der Waals surface area contributed by atoms with E-state index in [2.05, 4.69) is 10.6 Å². The molecule has 1 aliphatic rings. The summed E-state index contributed by atoms with van der Waals surface area (Å²) < 4.78 is 30.2. The van der Waals surface area contributed by atoms with E-state index in [1.165, 1.54) is 0 Å².